The molecule has 0 aliphatic carbocycles. The molecular weight excluding hydrogens is 493 g/mol. The Labute approximate surface area is 203 Å². The highest BCUT2D eigenvalue weighted by molar-refractivity contribution is 6.74. The van der Waals surface area contributed by atoms with Crippen molar-refractivity contribution in [2.24, 2.45) is 5.11 Å². The van der Waals surface area contributed by atoms with Crippen LogP contribution in [0.1, 0.15) is 31.1 Å². The number of methoxy groups -OCH3 is 1. The molecule has 10 nitrogen and oxygen atoms in total. The van der Waals surface area contributed by atoms with Gasteiger partial charge in [0.15, 0.2) is 20.4 Å². The van der Waals surface area contributed by atoms with Crippen LogP contribution in [-0.4, -0.2) is 68.9 Å². The molecule has 1 aliphatic rings. The van der Waals surface area contributed by atoms with Crippen LogP contribution < -0.4 is 4.74 Å². The van der Waals surface area contributed by atoms with Crippen molar-refractivity contribution in [3.05, 3.63) is 38.2 Å². The number of carbonyl (C=O) groups excluding carboxylic acids is 1. The second-order valence-electron chi connectivity index (χ2n) is 9.13. The van der Waals surface area contributed by atoms with Crippen LogP contribution in [0.5, 0.6) is 5.75 Å². The number of nitrogens with zero attached hydrogens (tertiary/aromatic N) is 3. The van der Waals surface area contributed by atoms with Crippen LogP contribution in [0.15, 0.2) is 17.2 Å². The lowest BCUT2D eigenvalue weighted by Crippen LogP contribution is -2.61. The number of carbonyl (C=O) groups is 1. The fourth-order valence-electron chi connectivity index (χ4n) is 2.95. The zero-order chi connectivity index (χ0) is 25.1. The van der Waals surface area contributed by atoms with E-state index in [-0.39, 0.29) is 26.4 Å². The van der Waals surface area contributed by atoms with E-state index >= 15 is 0 Å². The van der Waals surface area contributed by atoms with Crippen molar-refractivity contribution in [3.63, 3.8) is 0 Å². The summed E-state index contributed by atoms with van der Waals surface area (Å²) in [5, 5.41) is 24.7. The maximum atomic E-state index is 12.7. The smallest absolute Gasteiger partial charge is 0.343 e. The molecule has 1 heterocycles. The molecule has 5 atom stereocenters. The van der Waals surface area contributed by atoms with Crippen molar-refractivity contribution < 1.29 is 33.6 Å². The van der Waals surface area contributed by atoms with E-state index in [9.17, 15) is 15.0 Å². The van der Waals surface area contributed by atoms with Crippen LogP contribution >= 0.6 is 23.2 Å². The number of benzene rings is 1. The molecule has 0 saturated carbocycles. The number of halogens is 2. The highest BCUT2D eigenvalue weighted by Gasteiger charge is 2.49. The Hall–Kier alpha value is -1.56. The molecule has 0 aromatic heterocycles. The third-order valence-corrected chi connectivity index (χ3v) is 11.0. The fraction of sp³-hybridized carbons (Fsp3) is 0.650. The Bertz CT molecular complexity index is 922. The first-order chi connectivity index (χ1) is 15.2. The molecule has 13 heteroatoms. The minimum absolute atomic E-state index is 0.0434. The molecule has 184 valence electrons. The van der Waals surface area contributed by atoms with Gasteiger partial charge in [0.05, 0.1) is 23.3 Å². The third-order valence-electron chi connectivity index (χ3n) is 5.92. The number of azide groups is 1. The van der Waals surface area contributed by atoms with Gasteiger partial charge in [0.2, 0.25) is 0 Å². The van der Waals surface area contributed by atoms with Gasteiger partial charge in [0, 0.05) is 4.91 Å². The van der Waals surface area contributed by atoms with E-state index in [2.05, 4.69) is 10.0 Å². The van der Waals surface area contributed by atoms with Gasteiger partial charge in [-0.3, -0.25) is 0 Å². The molecule has 0 spiro atoms. The van der Waals surface area contributed by atoms with Gasteiger partial charge in [0.1, 0.15) is 30.4 Å². The summed E-state index contributed by atoms with van der Waals surface area (Å²) in [4.78, 5) is 15.4. The van der Waals surface area contributed by atoms with E-state index in [1.54, 1.807) is 0 Å². The van der Waals surface area contributed by atoms with Crippen molar-refractivity contribution >= 4 is 37.5 Å². The molecule has 2 N–H and O–H groups in total. The average molecular weight is 522 g/mol. The minimum atomic E-state index is -2.43. The first-order valence-electron chi connectivity index (χ1n) is 10.2. The van der Waals surface area contributed by atoms with Gasteiger partial charge in [-0.25, -0.2) is 4.79 Å². The van der Waals surface area contributed by atoms with Gasteiger partial charge in [0.25, 0.3) is 0 Å². The summed E-state index contributed by atoms with van der Waals surface area (Å²) in [5.74, 6) is -0.814. The molecular formula is C20H29Cl2N3O7Si. The second-order valence-corrected chi connectivity index (χ2v) is 14.7. The fourth-order valence-corrected chi connectivity index (χ4v) is 4.54. The summed E-state index contributed by atoms with van der Waals surface area (Å²) >= 11 is 12.2. The zero-order valence-electron chi connectivity index (χ0n) is 19.3. The van der Waals surface area contributed by atoms with Gasteiger partial charge in [-0.1, -0.05) is 49.1 Å². The molecule has 1 fully saturated rings. The Morgan fingerprint density at radius 1 is 1.24 bits per heavy atom. The molecule has 1 aromatic carbocycles. The standard InChI is InChI=1S/C20H29Cl2N3O7Si/c1-20(2,3)33(5,6)32-19-14(24-25-23)16(27)15(26)12(31-19)9-30-18(28)13-10(21)7-8-11(22)17(13)29-4/h7-8,12,14-16,19,26-27H,9H2,1-6H3/t12-,14-,15-,16-,19+/m1/s1. The lowest BCUT2D eigenvalue weighted by atomic mass is 9.98. The summed E-state index contributed by atoms with van der Waals surface area (Å²) in [6.45, 7) is 9.52. The van der Waals surface area contributed by atoms with E-state index in [0.29, 0.717) is 0 Å². The quantitative estimate of drug-likeness (QED) is 0.179. The number of hydrogen-bond donors (Lipinski definition) is 2. The highest BCUT2D eigenvalue weighted by Crippen LogP contribution is 2.40. The second kappa shape index (κ2) is 10.8. The summed E-state index contributed by atoms with van der Waals surface area (Å²) in [6.07, 6.45) is -5.32. The molecule has 33 heavy (non-hydrogen) atoms. The molecule has 0 bridgehead atoms. The maximum absolute atomic E-state index is 12.7. The van der Waals surface area contributed by atoms with E-state index in [1.165, 1.54) is 19.2 Å². The number of rotatable bonds is 7. The minimum Gasteiger partial charge on any atom is -0.494 e. The summed E-state index contributed by atoms with van der Waals surface area (Å²) in [6, 6.07) is 1.71. The average Bonchev–Trinajstić information content (AvgIpc) is 2.72. The van der Waals surface area contributed by atoms with E-state index in [4.69, 9.17) is 47.4 Å². The van der Waals surface area contributed by atoms with Crippen LogP contribution in [0.2, 0.25) is 28.2 Å². The lowest BCUT2D eigenvalue weighted by molar-refractivity contribution is -0.242. The molecule has 1 aromatic rings. The number of hydrogen-bond acceptors (Lipinski definition) is 8. The normalized spacial score (nSPS) is 25.8. The third kappa shape index (κ3) is 6.12. The number of esters is 1. The van der Waals surface area contributed by atoms with Crippen LogP contribution in [0, 0.1) is 0 Å². The number of ether oxygens (including phenoxy) is 3. The van der Waals surface area contributed by atoms with Crippen LogP contribution in [0.25, 0.3) is 10.4 Å². The van der Waals surface area contributed by atoms with Crippen molar-refractivity contribution in [3.8, 4) is 5.75 Å². The summed E-state index contributed by atoms with van der Waals surface area (Å²) < 4.78 is 22.5. The maximum Gasteiger partial charge on any atom is 0.343 e. The molecule has 1 saturated heterocycles. The van der Waals surface area contributed by atoms with Crippen LogP contribution in [0.4, 0.5) is 0 Å². The van der Waals surface area contributed by atoms with Gasteiger partial charge in [-0.15, -0.1) is 0 Å². The van der Waals surface area contributed by atoms with Gasteiger partial charge in [-0.2, -0.15) is 0 Å². The largest absolute Gasteiger partial charge is 0.494 e. The first kappa shape index (κ1) is 27.7. The number of aliphatic hydroxyl groups is 2. The molecule has 2 rings (SSSR count). The Balaban J connectivity index is 2.24. The Kier molecular flexibility index (Phi) is 9.05. The zero-order valence-corrected chi connectivity index (χ0v) is 21.8. The summed E-state index contributed by atoms with van der Waals surface area (Å²) in [5.41, 5.74) is 8.84. The SMILES string of the molecule is COc1c(Cl)ccc(Cl)c1C(=O)OC[C@H]1O[C@@H](O[Si](C)(C)C(C)(C)C)[C@H](N=[N+]=[N-])[C@@H](O)[C@@H]1O. The monoisotopic (exact) mass is 521 g/mol. The Morgan fingerprint density at radius 2 is 1.85 bits per heavy atom. The van der Waals surface area contributed by atoms with Gasteiger partial charge < -0.3 is 28.8 Å². The van der Waals surface area contributed by atoms with Crippen molar-refractivity contribution in [2.45, 2.75) is 69.5 Å². The van der Waals surface area contributed by atoms with E-state index in [1.807, 2.05) is 33.9 Å². The van der Waals surface area contributed by atoms with Crippen molar-refractivity contribution in [2.75, 3.05) is 13.7 Å². The first-order valence-corrected chi connectivity index (χ1v) is 13.8. The van der Waals surface area contributed by atoms with Gasteiger partial charge in [-0.05, 0) is 35.8 Å². The van der Waals surface area contributed by atoms with Crippen molar-refractivity contribution in [1.82, 2.24) is 0 Å². The number of aliphatic hydroxyl groups excluding tert-OH is 2. The van der Waals surface area contributed by atoms with Crippen LogP contribution in [-0.2, 0) is 13.9 Å². The molecule has 0 amide bonds. The molecule has 0 unspecified atom stereocenters. The summed E-state index contributed by atoms with van der Waals surface area (Å²) in [7, 11) is -1.09. The Morgan fingerprint density at radius 3 is 2.39 bits per heavy atom. The predicted octanol–water partition coefficient (Wildman–Crippen LogP) is 4.31. The molecule has 0 radical (unpaired) electrons. The van der Waals surface area contributed by atoms with E-state index in [0.717, 1.165) is 0 Å². The van der Waals surface area contributed by atoms with Crippen molar-refractivity contribution in [1.29, 1.82) is 0 Å². The molecule has 1 aliphatic heterocycles. The highest BCUT2D eigenvalue weighted by atomic mass is 35.5. The van der Waals surface area contributed by atoms with Gasteiger partial charge >= 0.3 is 5.97 Å². The topological polar surface area (TPSA) is 143 Å². The van der Waals surface area contributed by atoms with Crippen LogP contribution in [0.3, 0.4) is 0 Å². The lowest BCUT2D eigenvalue weighted by Gasteiger charge is -2.46. The predicted molar refractivity (Wildman–Crippen MR) is 125 cm³/mol. The van der Waals surface area contributed by atoms with E-state index < -0.39 is 51.5 Å².